The lowest BCUT2D eigenvalue weighted by Gasteiger charge is -2.25. The average molecular weight is 339 g/mol. The molecule has 0 aromatic heterocycles. The van der Waals surface area contributed by atoms with Gasteiger partial charge in [0.15, 0.2) is 6.10 Å². The largest absolute Gasteiger partial charge is 0.378 e. The summed E-state index contributed by atoms with van der Waals surface area (Å²) < 4.78 is 0.946. The summed E-state index contributed by atoms with van der Waals surface area (Å²) in [6.07, 6.45) is 2.62. The van der Waals surface area contributed by atoms with E-state index >= 15 is 0 Å². The summed E-state index contributed by atoms with van der Waals surface area (Å²) in [5, 5.41) is 12.6. The van der Waals surface area contributed by atoms with E-state index < -0.39 is 6.10 Å². The third-order valence-electron chi connectivity index (χ3n) is 4.28. The molecule has 108 valence electrons. The SMILES string of the molecule is CC1CCCN(c2cc3c(cc2Br)C(O)C(=O)N3)CC1. The van der Waals surface area contributed by atoms with Crippen molar-refractivity contribution in [1.82, 2.24) is 0 Å². The van der Waals surface area contributed by atoms with Crippen LogP contribution in [-0.2, 0) is 4.79 Å². The van der Waals surface area contributed by atoms with Crippen molar-refractivity contribution in [1.29, 1.82) is 0 Å². The minimum absolute atomic E-state index is 0.339. The van der Waals surface area contributed by atoms with Gasteiger partial charge < -0.3 is 15.3 Å². The number of hydrogen-bond acceptors (Lipinski definition) is 3. The molecule has 2 unspecified atom stereocenters. The number of carbonyl (C=O) groups excluding carboxylic acids is 1. The summed E-state index contributed by atoms with van der Waals surface area (Å²) in [6.45, 7) is 4.38. The molecule has 1 fully saturated rings. The summed E-state index contributed by atoms with van der Waals surface area (Å²) in [5.74, 6) is 0.434. The van der Waals surface area contributed by atoms with Gasteiger partial charge in [0.1, 0.15) is 0 Å². The second-order valence-corrected chi connectivity index (χ2v) is 6.66. The number of aliphatic hydroxyl groups is 1. The number of nitrogens with zero attached hydrogens (tertiary/aromatic N) is 1. The van der Waals surface area contributed by atoms with Gasteiger partial charge in [0.25, 0.3) is 5.91 Å². The van der Waals surface area contributed by atoms with Crippen LogP contribution in [0.5, 0.6) is 0 Å². The van der Waals surface area contributed by atoms with Gasteiger partial charge in [-0.1, -0.05) is 6.92 Å². The highest BCUT2D eigenvalue weighted by molar-refractivity contribution is 9.10. The Bertz CT molecular complexity index is 547. The fourth-order valence-electron chi connectivity index (χ4n) is 3.00. The van der Waals surface area contributed by atoms with E-state index in [1.54, 1.807) is 0 Å². The third kappa shape index (κ3) is 2.44. The first kappa shape index (κ1) is 13.9. The number of aliphatic hydroxyl groups excluding tert-OH is 1. The predicted octanol–water partition coefficient (Wildman–Crippen LogP) is 3.06. The standard InChI is InChI=1S/C15H19BrN2O2/c1-9-3-2-5-18(6-4-9)13-8-12-10(7-11(13)16)14(19)15(20)17-12/h7-9,14,19H,2-6H2,1H3,(H,17,20). The molecular formula is C15H19BrN2O2. The first-order valence-corrected chi connectivity index (χ1v) is 7.93. The molecule has 0 radical (unpaired) electrons. The van der Waals surface area contributed by atoms with Crippen LogP contribution in [0.2, 0.25) is 0 Å². The molecule has 2 heterocycles. The number of rotatable bonds is 1. The first-order chi connectivity index (χ1) is 9.56. The molecule has 0 spiro atoms. The van der Waals surface area contributed by atoms with Crippen molar-refractivity contribution in [3.8, 4) is 0 Å². The molecule has 4 nitrogen and oxygen atoms in total. The van der Waals surface area contributed by atoms with Crippen LogP contribution < -0.4 is 10.2 Å². The summed E-state index contributed by atoms with van der Waals surface area (Å²) in [4.78, 5) is 13.9. The highest BCUT2D eigenvalue weighted by atomic mass is 79.9. The Morgan fingerprint density at radius 1 is 1.35 bits per heavy atom. The number of anilines is 2. The summed E-state index contributed by atoms with van der Waals surface area (Å²) in [7, 11) is 0. The molecule has 1 amide bonds. The maximum Gasteiger partial charge on any atom is 0.257 e. The number of hydrogen-bond donors (Lipinski definition) is 2. The summed E-state index contributed by atoms with van der Waals surface area (Å²) in [5.41, 5.74) is 2.50. The van der Waals surface area contributed by atoms with E-state index in [1.807, 2.05) is 12.1 Å². The minimum Gasteiger partial charge on any atom is -0.378 e. The zero-order valence-corrected chi connectivity index (χ0v) is 13.1. The second kappa shape index (κ2) is 5.37. The molecule has 0 bridgehead atoms. The van der Waals surface area contributed by atoms with Crippen molar-refractivity contribution in [3.05, 3.63) is 22.2 Å². The van der Waals surface area contributed by atoms with Crippen LogP contribution in [0.1, 0.15) is 37.9 Å². The quantitative estimate of drug-likeness (QED) is 0.827. The molecule has 0 saturated carbocycles. The van der Waals surface area contributed by atoms with Crippen molar-refractivity contribution < 1.29 is 9.90 Å². The van der Waals surface area contributed by atoms with Crippen LogP contribution in [0.3, 0.4) is 0 Å². The van der Waals surface area contributed by atoms with E-state index in [1.165, 1.54) is 19.3 Å². The van der Waals surface area contributed by atoms with Gasteiger partial charge in [-0.3, -0.25) is 4.79 Å². The Morgan fingerprint density at radius 2 is 2.15 bits per heavy atom. The Hall–Kier alpha value is -1.07. The van der Waals surface area contributed by atoms with Gasteiger partial charge in [-0.2, -0.15) is 0 Å². The van der Waals surface area contributed by atoms with Gasteiger partial charge in [0.2, 0.25) is 0 Å². The van der Waals surface area contributed by atoms with Crippen molar-refractivity contribution >= 4 is 33.2 Å². The van der Waals surface area contributed by atoms with Gasteiger partial charge in [-0.25, -0.2) is 0 Å². The van der Waals surface area contributed by atoms with Crippen molar-refractivity contribution in [3.63, 3.8) is 0 Å². The molecule has 2 N–H and O–H groups in total. The highest BCUT2D eigenvalue weighted by Crippen LogP contribution is 2.39. The number of carbonyl (C=O) groups is 1. The third-order valence-corrected chi connectivity index (χ3v) is 4.91. The Kier molecular flexibility index (Phi) is 3.73. The zero-order valence-electron chi connectivity index (χ0n) is 11.5. The van der Waals surface area contributed by atoms with E-state index in [0.717, 1.165) is 34.9 Å². The number of halogens is 1. The van der Waals surface area contributed by atoms with E-state index in [9.17, 15) is 9.90 Å². The van der Waals surface area contributed by atoms with Crippen molar-refractivity contribution in [2.24, 2.45) is 5.92 Å². The van der Waals surface area contributed by atoms with Gasteiger partial charge in [0, 0.05) is 28.8 Å². The number of benzene rings is 1. The topological polar surface area (TPSA) is 52.6 Å². The van der Waals surface area contributed by atoms with Gasteiger partial charge in [-0.05, 0) is 53.2 Å². The molecule has 0 aliphatic carbocycles. The Labute approximate surface area is 127 Å². The number of nitrogens with one attached hydrogen (secondary N) is 1. The number of amides is 1. The van der Waals surface area contributed by atoms with E-state index in [0.29, 0.717) is 5.56 Å². The lowest BCUT2D eigenvalue weighted by molar-refractivity contribution is -0.123. The van der Waals surface area contributed by atoms with Crippen LogP contribution in [0.15, 0.2) is 16.6 Å². The highest BCUT2D eigenvalue weighted by Gasteiger charge is 2.30. The Balaban J connectivity index is 1.91. The van der Waals surface area contributed by atoms with Crippen LogP contribution in [0.4, 0.5) is 11.4 Å². The fourth-order valence-corrected chi connectivity index (χ4v) is 3.61. The minimum atomic E-state index is -1.04. The molecule has 5 heteroatoms. The maximum atomic E-state index is 11.5. The van der Waals surface area contributed by atoms with E-state index in [4.69, 9.17) is 0 Å². The average Bonchev–Trinajstić information content (AvgIpc) is 2.60. The normalized spacial score (nSPS) is 26.1. The van der Waals surface area contributed by atoms with Gasteiger partial charge in [0.05, 0.1) is 5.69 Å². The molecule has 2 atom stereocenters. The van der Waals surface area contributed by atoms with Crippen molar-refractivity contribution in [2.75, 3.05) is 23.3 Å². The van der Waals surface area contributed by atoms with Crippen LogP contribution in [0, 0.1) is 5.92 Å². The monoisotopic (exact) mass is 338 g/mol. The Morgan fingerprint density at radius 3 is 2.95 bits per heavy atom. The molecule has 2 aliphatic rings. The lowest BCUT2D eigenvalue weighted by atomic mass is 10.0. The first-order valence-electron chi connectivity index (χ1n) is 7.13. The lowest BCUT2D eigenvalue weighted by Crippen LogP contribution is -2.24. The molecule has 3 rings (SSSR count). The van der Waals surface area contributed by atoms with Crippen LogP contribution in [-0.4, -0.2) is 24.1 Å². The molecule has 1 saturated heterocycles. The maximum absolute atomic E-state index is 11.5. The summed E-state index contributed by atoms with van der Waals surface area (Å²) in [6, 6.07) is 3.84. The smallest absolute Gasteiger partial charge is 0.257 e. The van der Waals surface area contributed by atoms with Gasteiger partial charge in [-0.15, -0.1) is 0 Å². The zero-order chi connectivity index (χ0) is 14.3. The van der Waals surface area contributed by atoms with Crippen LogP contribution in [0.25, 0.3) is 0 Å². The van der Waals surface area contributed by atoms with E-state index in [2.05, 4.69) is 33.1 Å². The molecular weight excluding hydrogens is 320 g/mol. The molecule has 1 aromatic rings. The molecule has 2 aliphatic heterocycles. The fraction of sp³-hybridized carbons (Fsp3) is 0.533. The molecule has 20 heavy (non-hydrogen) atoms. The number of fused-ring (bicyclic) bond motifs is 1. The second-order valence-electron chi connectivity index (χ2n) is 5.81. The predicted molar refractivity (Wildman–Crippen MR) is 83.0 cm³/mol. The van der Waals surface area contributed by atoms with E-state index in [-0.39, 0.29) is 5.91 Å². The van der Waals surface area contributed by atoms with Crippen LogP contribution >= 0.6 is 15.9 Å². The molecule has 1 aromatic carbocycles. The van der Waals surface area contributed by atoms with Crippen molar-refractivity contribution in [2.45, 2.75) is 32.3 Å². The summed E-state index contributed by atoms with van der Waals surface area (Å²) >= 11 is 3.58. The van der Waals surface area contributed by atoms with Gasteiger partial charge >= 0.3 is 0 Å².